The molecule has 5 rings (SSSR count). The fourth-order valence-electron chi connectivity index (χ4n) is 4.65. The molecule has 150 valence electrons. The molecule has 0 spiro atoms. The van der Waals surface area contributed by atoms with E-state index in [1.165, 1.54) is 0 Å². The van der Waals surface area contributed by atoms with E-state index in [1.807, 2.05) is 24.3 Å². The number of rotatable bonds is 4. The monoisotopic (exact) mass is 395 g/mol. The van der Waals surface area contributed by atoms with Crippen molar-refractivity contribution in [2.24, 2.45) is 0 Å². The van der Waals surface area contributed by atoms with Crippen LogP contribution >= 0.6 is 0 Å². The smallest absolute Gasteiger partial charge is 0.275 e. The quantitative estimate of drug-likeness (QED) is 0.634. The number of hydrogen-bond donors (Lipinski definition) is 3. The Balaban J connectivity index is 1.58. The van der Waals surface area contributed by atoms with E-state index in [9.17, 15) is 9.90 Å². The van der Waals surface area contributed by atoms with Gasteiger partial charge in [-0.25, -0.2) is 9.87 Å². The number of H-pyrrole nitrogens is 1. The van der Waals surface area contributed by atoms with Gasteiger partial charge >= 0.3 is 0 Å². The van der Waals surface area contributed by atoms with Crippen molar-refractivity contribution in [1.82, 2.24) is 15.4 Å². The highest BCUT2D eigenvalue weighted by Crippen LogP contribution is 2.37. The average Bonchev–Trinajstić information content (AvgIpc) is 3.28. The van der Waals surface area contributed by atoms with Gasteiger partial charge in [-0.1, -0.05) is 18.2 Å². The summed E-state index contributed by atoms with van der Waals surface area (Å²) >= 11 is 0. The van der Waals surface area contributed by atoms with Crippen LogP contribution in [0.25, 0.3) is 22.2 Å². The molecule has 1 fully saturated rings. The SMILES string of the molecule is O=C1NOCc2c(-c3ccc([C@@H]4CCCN4CCO)c(F)c3)[nH]c3cccc1c23. The molecule has 0 aliphatic carbocycles. The summed E-state index contributed by atoms with van der Waals surface area (Å²) in [5.74, 6) is -0.543. The van der Waals surface area contributed by atoms with Gasteiger partial charge in [0.2, 0.25) is 0 Å². The third-order valence-corrected chi connectivity index (χ3v) is 5.95. The number of carbonyl (C=O) groups is 1. The molecule has 6 nitrogen and oxygen atoms in total. The molecule has 1 atom stereocenters. The maximum absolute atomic E-state index is 15.1. The topological polar surface area (TPSA) is 77.6 Å². The number of carbonyl (C=O) groups excluding carboxylic acids is 1. The molecule has 3 N–H and O–H groups in total. The van der Waals surface area contributed by atoms with E-state index >= 15 is 4.39 Å². The highest BCUT2D eigenvalue weighted by Gasteiger charge is 2.28. The average molecular weight is 395 g/mol. The number of aromatic nitrogens is 1. The molecule has 0 bridgehead atoms. The van der Waals surface area contributed by atoms with Gasteiger partial charge in [-0.3, -0.25) is 14.5 Å². The molecule has 2 aliphatic heterocycles. The van der Waals surface area contributed by atoms with Gasteiger partial charge in [0.25, 0.3) is 5.91 Å². The van der Waals surface area contributed by atoms with Gasteiger partial charge in [0.1, 0.15) is 12.4 Å². The Hall–Kier alpha value is -2.74. The van der Waals surface area contributed by atoms with Crippen LogP contribution in [0, 0.1) is 5.82 Å². The lowest BCUT2D eigenvalue weighted by molar-refractivity contribution is 0.0256. The molecule has 2 aromatic carbocycles. The molecule has 0 unspecified atom stereocenters. The van der Waals surface area contributed by atoms with Crippen molar-refractivity contribution in [2.75, 3.05) is 19.7 Å². The Bertz CT molecular complexity index is 1090. The van der Waals surface area contributed by atoms with Gasteiger partial charge in [0.05, 0.1) is 17.9 Å². The van der Waals surface area contributed by atoms with E-state index in [0.29, 0.717) is 23.2 Å². The molecule has 0 saturated carbocycles. The van der Waals surface area contributed by atoms with E-state index in [1.54, 1.807) is 12.1 Å². The minimum atomic E-state index is -0.286. The molecule has 1 aromatic heterocycles. The third-order valence-electron chi connectivity index (χ3n) is 5.95. The van der Waals surface area contributed by atoms with Crippen molar-refractivity contribution in [3.63, 3.8) is 0 Å². The summed E-state index contributed by atoms with van der Waals surface area (Å²) in [4.78, 5) is 23.0. The number of aliphatic hydroxyl groups excluding tert-OH is 1. The number of β-amino-alcohol motifs (C(OH)–C–C–N with tert-alkyl or cyclic N) is 1. The minimum Gasteiger partial charge on any atom is -0.395 e. The number of aliphatic hydroxyl groups is 1. The van der Waals surface area contributed by atoms with Crippen LogP contribution in [0.4, 0.5) is 4.39 Å². The Kier molecular flexibility index (Phi) is 4.58. The zero-order valence-corrected chi connectivity index (χ0v) is 15.9. The number of nitrogens with zero attached hydrogens (tertiary/aromatic N) is 1. The molecule has 3 aromatic rings. The van der Waals surface area contributed by atoms with E-state index in [-0.39, 0.29) is 31.0 Å². The predicted octanol–water partition coefficient (Wildman–Crippen LogP) is 3.28. The van der Waals surface area contributed by atoms with Crippen LogP contribution in [-0.4, -0.2) is 40.6 Å². The molecule has 3 heterocycles. The van der Waals surface area contributed by atoms with Crippen LogP contribution in [0.2, 0.25) is 0 Å². The number of aromatic amines is 1. The summed E-state index contributed by atoms with van der Waals surface area (Å²) in [5, 5.41) is 10.1. The first-order valence-corrected chi connectivity index (χ1v) is 9.88. The molecule has 1 amide bonds. The third kappa shape index (κ3) is 3.02. The minimum absolute atomic E-state index is 0.00257. The fourth-order valence-corrected chi connectivity index (χ4v) is 4.65. The molecular formula is C22H22FN3O3. The Morgan fingerprint density at radius 1 is 1.28 bits per heavy atom. The lowest BCUT2D eigenvalue weighted by Gasteiger charge is -2.24. The van der Waals surface area contributed by atoms with E-state index < -0.39 is 0 Å². The highest BCUT2D eigenvalue weighted by atomic mass is 19.1. The van der Waals surface area contributed by atoms with Crippen molar-refractivity contribution in [1.29, 1.82) is 0 Å². The lowest BCUT2D eigenvalue weighted by atomic mass is 9.98. The number of hydrogen-bond acceptors (Lipinski definition) is 4. The first-order valence-electron chi connectivity index (χ1n) is 9.88. The number of nitrogens with one attached hydrogen (secondary N) is 2. The molecular weight excluding hydrogens is 373 g/mol. The van der Waals surface area contributed by atoms with Crippen molar-refractivity contribution in [3.8, 4) is 11.3 Å². The zero-order valence-electron chi connectivity index (χ0n) is 15.9. The van der Waals surface area contributed by atoms with Crippen molar-refractivity contribution >= 4 is 16.8 Å². The van der Waals surface area contributed by atoms with Crippen LogP contribution in [0.5, 0.6) is 0 Å². The molecule has 29 heavy (non-hydrogen) atoms. The van der Waals surface area contributed by atoms with Crippen LogP contribution in [-0.2, 0) is 11.4 Å². The van der Waals surface area contributed by atoms with Gasteiger partial charge in [0, 0.05) is 40.2 Å². The van der Waals surface area contributed by atoms with Gasteiger partial charge in [-0.15, -0.1) is 0 Å². The van der Waals surface area contributed by atoms with Crippen LogP contribution in [0.3, 0.4) is 0 Å². The number of amides is 1. The highest BCUT2D eigenvalue weighted by molar-refractivity contribution is 6.09. The van der Waals surface area contributed by atoms with Crippen molar-refractivity contribution in [3.05, 3.63) is 58.9 Å². The van der Waals surface area contributed by atoms with Crippen LogP contribution in [0.15, 0.2) is 36.4 Å². The number of likely N-dealkylation sites (tertiary alicyclic amines) is 1. The summed E-state index contributed by atoms with van der Waals surface area (Å²) in [6.45, 7) is 1.71. The second kappa shape index (κ2) is 7.26. The first kappa shape index (κ1) is 18.3. The number of hydroxylamine groups is 1. The Morgan fingerprint density at radius 2 is 2.17 bits per heavy atom. The fraction of sp³-hybridized carbons (Fsp3) is 0.318. The summed E-state index contributed by atoms with van der Waals surface area (Å²) < 4.78 is 15.1. The summed E-state index contributed by atoms with van der Waals surface area (Å²) in [6.07, 6.45) is 1.89. The van der Waals surface area contributed by atoms with Gasteiger partial charge in [-0.05, 0) is 37.6 Å². The largest absolute Gasteiger partial charge is 0.395 e. The van der Waals surface area contributed by atoms with E-state index in [4.69, 9.17) is 4.84 Å². The second-order valence-corrected chi connectivity index (χ2v) is 7.58. The zero-order chi connectivity index (χ0) is 20.0. The summed E-state index contributed by atoms with van der Waals surface area (Å²) in [6, 6.07) is 10.8. The van der Waals surface area contributed by atoms with Gasteiger partial charge in [0.15, 0.2) is 0 Å². The van der Waals surface area contributed by atoms with E-state index in [2.05, 4.69) is 15.4 Å². The Morgan fingerprint density at radius 3 is 3.00 bits per heavy atom. The molecule has 1 saturated heterocycles. The normalized spacial score (nSPS) is 19.5. The summed E-state index contributed by atoms with van der Waals surface area (Å²) in [7, 11) is 0. The molecule has 2 aliphatic rings. The van der Waals surface area contributed by atoms with Crippen LogP contribution in [0.1, 0.15) is 40.4 Å². The molecule has 0 radical (unpaired) electrons. The number of halogens is 1. The lowest BCUT2D eigenvalue weighted by Crippen LogP contribution is -2.27. The molecule has 7 heteroatoms. The maximum atomic E-state index is 15.1. The van der Waals surface area contributed by atoms with Crippen molar-refractivity contribution in [2.45, 2.75) is 25.5 Å². The van der Waals surface area contributed by atoms with E-state index in [0.717, 1.165) is 41.5 Å². The number of benzene rings is 2. The standard InChI is InChI=1S/C22H22FN3O3/c23-17-11-13(6-7-14(17)19-5-2-8-26(19)9-10-27)21-16-12-29-25-22(28)15-3-1-4-18(24-21)20(15)16/h1,3-4,6-7,11,19,24,27H,2,5,8-10,12H2,(H,25,28)/t19-/m0/s1. The predicted molar refractivity (Wildman–Crippen MR) is 107 cm³/mol. The Labute approximate surface area is 167 Å². The van der Waals surface area contributed by atoms with Crippen molar-refractivity contribution < 1.29 is 19.1 Å². The summed E-state index contributed by atoms with van der Waals surface area (Å²) in [5.41, 5.74) is 6.77. The maximum Gasteiger partial charge on any atom is 0.275 e. The second-order valence-electron chi connectivity index (χ2n) is 7.58. The van der Waals surface area contributed by atoms with Gasteiger partial charge < -0.3 is 10.1 Å². The van der Waals surface area contributed by atoms with Gasteiger partial charge in [-0.2, -0.15) is 0 Å². The van der Waals surface area contributed by atoms with Crippen LogP contribution < -0.4 is 5.48 Å². The first-order chi connectivity index (χ1) is 14.2.